The van der Waals surface area contributed by atoms with Crippen LogP contribution in [0.2, 0.25) is 0 Å². The summed E-state index contributed by atoms with van der Waals surface area (Å²) in [6, 6.07) is 18.8. The van der Waals surface area contributed by atoms with Gasteiger partial charge in [0.15, 0.2) is 6.61 Å². The van der Waals surface area contributed by atoms with Crippen LogP contribution in [0.1, 0.15) is 18.1 Å². The molecule has 3 aromatic carbocycles. The van der Waals surface area contributed by atoms with Gasteiger partial charge >= 0.3 is 0 Å². The quantitative estimate of drug-likeness (QED) is 0.528. The third kappa shape index (κ3) is 4.19. The Hall–Kier alpha value is -3.34. The predicted octanol–water partition coefficient (Wildman–Crippen LogP) is 3.64. The van der Waals surface area contributed by atoms with Crippen molar-refractivity contribution >= 4 is 22.9 Å². The number of carbonyl (C=O) groups is 1. The molecule has 0 atom stereocenters. The molecule has 5 heteroatoms. The normalized spacial score (nSPS) is 11.0. The molecule has 0 unspecified atom stereocenters. The van der Waals surface area contributed by atoms with Crippen molar-refractivity contribution in [2.45, 2.75) is 13.3 Å². The minimum atomic E-state index is -0.358. The average Bonchev–Trinajstić information content (AvgIpc) is 2.66. The van der Waals surface area contributed by atoms with Gasteiger partial charge in [-0.1, -0.05) is 55.5 Å². The first-order chi connectivity index (χ1) is 12.7. The van der Waals surface area contributed by atoms with E-state index < -0.39 is 0 Å². The standard InChI is InChI=1S/C21H20N2O3/c1-2-16-11-10-15(12-19(16)24)13-22-23-21(25)14-26-20-9-5-7-17-6-3-4-8-18(17)20/h3-13,24H,2,14H2,1H3,(H,23,25). The van der Waals surface area contributed by atoms with E-state index in [0.29, 0.717) is 11.3 Å². The van der Waals surface area contributed by atoms with Gasteiger partial charge in [-0.2, -0.15) is 5.10 Å². The minimum absolute atomic E-state index is 0.134. The second-order valence-corrected chi connectivity index (χ2v) is 5.80. The molecule has 3 aromatic rings. The summed E-state index contributed by atoms with van der Waals surface area (Å²) >= 11 is 0. The van der Waals surface area contributed by atoms with Crippen LogP contribution in [0.3, 0.4) is 0 Å². The molecule has 0 saturated heterocycles. The SMILES string of the molecule is CCc1ccc(C=NNC(=O)COc2cccc3ccccc23)cc1O. The summed E-state index contributed by atoms with van der Waals surface area (Å²) in [5.74, 6) is 0.521. The number of amides is 1. The second kappa shape index (κ2) is 8.16. The van der Waals surface area contributed by atoms with Crippen LogP contribution in [0.4, 0.5) is 0 Å². The summed E-state index contributed by atoms with van der Waals surface area (Å²) in [5.41, 5.74) is 4.00. The average molecular weight is 348 g/mol. The monoisotopic (exact) mass is 348 g/mol. The first kappa shape index (κ1) is 17.5. The number of phenolic OH excluding ortho intramolecular Hbond substituents is 1. The second-order valence-electron chi connectivity index (χ2n) is 5.80. The first-order valence-electron chi connectivity index (χ1n) is 8.41. The number of hydrazone groups is 1. The van der Waals surface area contributed by atoms with E-state index in [1.807, 2.05) is 61.5 Å². The zero-order valence-corrected chi connectivity index (χ0v) is 14.5. The number of fused-ring (bicyclic) bond motifs is 1. The molecule has 132 valence electrons. The van der Waals surface area contributed by atoms with Crippen LogP contribution in [0, 0.1) is 0 Å². The number of benzene rings is 3. The van der Waals surface area contributed by atoms with Crippen molar-refractivity contribution in [3.05, 3.63) is 71.8 Å². The number of hydrogen-bond acceptors (Lipinski definition) is 4. The summed E-state index contributed by atoms with van der Waals surface area (Å²) < 4.78 is 5.61. The lowest BCUT2D eigenvalue weighted by atomic mass is 10.1. The summed E-state index contributed by atoms with van der Waals surface area (Å²) in [7, 11) is 0. The van der Waals surface area contributed by atoms with Crippen molar-refractivity contribution < 1.29 is 14.6 Å². The molecule has 0 saturated carbocycles. The maximum absolute atomic E-state index is 11.9. The number of rotatable bonds is 6. The van der Waals surface area contributed by atoms with E-state index in [2.05, 4.69) is 10.5 Å². The molecule has 0 bridgehead atoms. The molecule has 0 aromatic heterocycles. The highest BCUT2D eigenvalue weighted by Gasteiger charge is 2.05. The first-order valence-corrected chi connectivity index (χ1v) is 8.41. The number of hydrogen-bond donors (Lipinski definition) is 2. The molecule has 0 radical (unpaired) electrons. The fourth-order valence-electron chi connectivity index (χ4n) is 2.64. The van der Waals surface area contributed by atoms with Gasteiger partial charge in [-0.3, -0.25) is 4.79 Å². The lowest BCUT2D eigenvalue weighted by molar-refractivity contribution is -0.123. The van der Waals surface area contributed by atoms with Crippen LogP contribution in [0.25, 0.3) is 10.8 Å². The van der Waals surface area contributed by atoms with Crippen LogP contribution < -0.4 is 10.2 Å². The molecule has 5 nitrogen and oxygen atoms in total. The molecule has 0 aliphatic heterocycles. The zero-order valence-electron chi connectivity index (χ0n) is 14.5. The smallest absolute Gasteiger partial charge is 0.277 e. The molecule has 3 rings (SSSR count). The van der Waals surface area contributed by atoms with E-state index in [4.69, 9.17) is 4.74 Å². The Balaban J connectivity index is 1.56. The lowest BCUT2D eigenvalue weighted by Gasteiger charge is -2.08. The number of aromatic hydroxyl groups is 1. The van der Waals surface area contributed by atoms with Gasteiger partial charge in [0.2, 0.25) is 0 Å². The Kier molecular flexibility index (Phi) is 5.49. The number of phenols is 1. The van der Waals surface area contributed by atoms with Crippen molar-refractivity contribution in [3.8, 4) is 11.5 Å². The molecule has 0 fully saturated rings. The molecule has 0 aliphatic rings. The summed E-state index contributed by atoms with van der Waals surface area (Å²) in [5, 5.41) is 15.7. The molecule has 0 spiro atoms. The Morgan fingerprint density at radius 2 is 1.96 bits per heavy atom. The third-order valence-electron chi connectivity index (χ3n) is 4.00. The van der Waals surface area contributed by atoms with Gasteiger partial charge in [0.25, 0.3) is 5.91 Å². The molecule has 1 amide bonds. The molecule has 26 heavy (non-hydrogen) atoms. The van der Waals surface area contributed by atoms with Crippen molar-refractivity contribution in [3.63, 3.8) is 0 Å². The molecule has 2 N–H and O–H groups in total. The number of carbonyl (C=O) groups excluding carboxylic acids is 1. The van der Waals surface area contributed by atoms with E-state index in [9.17, 15) is 9.90 Å². The number of ether oxygens (including phenoxy) is 1. The fourth-order valence-corrected chi connectivity index (χ4v) is 2.64. The van der Waals surface area contributed by atoms with Gasteiger partial charge in [0, 0.05) is 5.39 Å². The molecular formula is C21H20N2O3. The van der Waals surface area contributed by atoms with E-state index in [-0.39, 0.29) is 18.3 Å². The summed E-state index contributed by atoms with van der Waals surface area (Å²) in [6.07, 6.45) is 2.24. The van der Waals surface area contributed by atoms with E-state index in [0.717, 1.165) is 22.8 Å². The fraction of sp³-hybridized carbons (Fsp3) is 0.143. The molecule has 0 heterocycles. The van der Waals surface area contributed by atoms with Crippen LogP contribution in [-0.2, 0) is 11.2 Å². The van der Waals surface area contributed by atoms with Crippen LogP contribution >= 0.6 is 0 Å². The predicted molar refractivity (Wildman–Crippen MR) is 103 cm³/mol. The molecular weight excluding hydrogens is 328 g/mol. The van der Waals surface area contributed by atoms with Crippen molar-refractivity contribution in [1.29, 1.82) is 0 Å². The van der Waals surface area contributed by atoms with Crippen LogP contribution in [-0.4, -0.2) is 23.8 Å². The van der Waals surface area contributed by atoms with Crippen molar-refractivity contribution in [2.24, 2.45) is 5.10 Å². The van der Waals surface area contributed by atoms with Crippen LogP contribution in [0.5, 0.6) is 11.5 Å². The maximum atomic E-state index is 11.9. The Bertz CT molecular complexity index is 946. The van der Waals surface area contributed by atoms with Gasteiger partial charge in [0.05, 0.1) is 6.21 Å². The molecule has 0 aliphatic carbocycles. The van der Waals surface area contributed by atoms with Crippen molar-refractivity contribution in [2.75, 3.05) is 6.61 Å². The van der Waals surface area contributed by atoms with E-state index >= 15 is 0 Å². The lowest BCUT2D eigenvalue weighted by Crippen LogP contribution is -2.24. The highest BCUT2D eigenvalue weighted by Crippen LogP contribution is 2.24. The Morgan fingerprint density at radius 3 is 2.77 bits per heavy atom. The van der Waals surface area contributed by atoms with Crippen molar-refractivity contribution in [1.82, 2.24) is 5.43 Å². The summed E-state index contributed by atoms with van der Waals surface area (Å²) in [6.45, 7) is 1.84. The van der Waals surface area contributed by atoms with E-state index in [1.54, 1.807) is 6.07 Å². The largest absolute Gasteiger partial charge is 0.508 e. The highest BCUT2D eigenvalue weighted by atomic mass is 16.5. The number of nitrogens with zero attached hydrogens (tertiary/aromatic N) is 1. The Morgan fingerprint density at radius 1 is 1.15 bits per heavy atom. The van der Waals surface area contributed by atoms with Gasteiger partial charge in [-0.25, -0.2) is 5.43 Å². The van der Waals surface area contributed by atoms with Crippen LogP contribution in [0.15, 0.2) is 65.8 Å². The van der Waals surface area contributed by atoms with Gasteiger partial charge in [-0.15, -0.1) is 0 Å². The Labute approximate surface area is 151 Å². The topological polar surface area (TPSA) is 70.9 Å². The van der Waals surface area contributed by atoms with Gasteiger partial charge in [-0.05, 0) is 35.1 Å². The number of aryl methyl sites for hydroxylation is 1. The van der Waals surface area contributed by atoms with E-state index in [1.165, 1.54) is 6.21 Å². The highest BCUT2D eigenvalue weighted by molar-refractivity contribution is 5.89. The minimum Gasteiger partial charge on any atom is -0.508 e. The number of nitrogens with one attached hydrogen (secondary N) is 1. The van der Waals surface area contributed by atoms with Gasteiger partial charge in [0.1, 0.15) is 11.5 Å². The maximum Gasteiger partial charge on any atom is 0.277 e. The third-order valence-corrected chi connectivity index (χ3v) is 4.00. The zero-order chi connectivity index (χ0) is 18.4. The summed E-state index contributed by atoms with van der Waals surface area (Å²) in [4.78, 5) is 11.9. The van der Waals surface area contributed by atoms with Gasteiger partial charge < -0.3 is 9.84 Å².